The number of rotatable bonds is 8. The fourth-order valence-electron chi connectivity index (χ4n) is 4.12. The molecule has 0 fully saturated rings. The van der Waals surface area contributed by atoms with E-state index in [1.165, 1.54) is 4.90 Å². The Morgan fingerprint density at radius 1 is 0.944 bits per heavy atom. The van der Waals surface area contributed by atoms with Gasteiger partial charge < -0.3 is 9.73 Å². The van der Waals surface area contributed by atoms with Crippen LogP contribution in [0.15, 0.2) is 102 Å². The summed E-state index contributed by atoms with van der Waals surface area (Å²) in [6.07, 6.45) is 1.56. The lowest BCUT2D eigenvalue weighted by molar-refractivity contribution is -0.127. The first-order chi connectivity index (χ1) is 17.6. The van der Waals surface area contributed by atoms with Crippen molar-refractivity contribution in [3.05, 3.63) is 114 Å². The molecule has 8 nitrogen and oxygen atoms in total. The number of hydrogen-bond acceptors (Lipinski definition) is 5. The topological polar surface area (TPSA) is 93.3 Å². The highest BCUT2D eigenvalue weighted by Gasteiger charge is 2.33. The van der Waals surface area contributed by atoms with E-state index in [-0.39, 0.29) is 24.9 Å². The number of nitrogens with one attached hydrogen (secondary N) is 1. The molecule has 180 valence electrons. The fraction of sp³-hybridized carbons (Fsp3) is 0.143. The lowest BCUT2D eigenvalue weighted by Crippen LogP contribution is -2.45. The van der Waals surface area contributed by atoms with Crippen molar-refractivity contribution in [1.29, 1.82) is 0 Å². The van der Waals surface area contributed by atoms with E-state index in [0.29, 0.717) is 22.5 Å². The van der Waals surface area contributed by atoms with Crippen molar-refractivity contribution < 1.29 is 14.0 Å². The van der Waals surface area contributed by atoms with Crippen LogP contribution in [0.4, 0.5) is 5.69 Å². The predicted octanol–water partition coefficient (Wildman–Crippen LogP) is 4.42. The summed E-state index contributed by atoms with van der Waals surface area (Å²) in [6, 6.07) is 26.9. The number of carbonyl (C=O) groups is 2. The summed E-state index contributed by atoms with van der Waals surface area (Å²) in [5.41, 5.74) is 3.78. The zero-order valence-corrected chi connectivity index (χ0v) is 19.7. The van der Waals surface area contributed by atoms with E-state index in [1.807, 2.05) is 85.8 Å². The number of aromatic nitrogens is 3. The number of para-hydroxylation sites is 1. The Hall–Kier alpha value is -4.72. The maximum atomic E-state index is 13.9. The van der Waals surface area contributed by atoms with Gasteiger partial charge in [0.2, 0.25) is 11.8 Å². The second-order valence-electron chi connectivity index (χ2n) is 8.45. The van der Waals surface area contributed by atoms with Crippen molar-refractivity contribution in [2.75, 3.05) is 4.90 Å². The third-order valence-electron chi connectivity index (χ3n) is 5.92. The summed E-state index contributed by atoms with van der Waals surface area (Å²) in [5, 5.41) is 11.3. The second kappa shape index (κ2) is 10.3. The van der Waals surface area contributed by atoms with Crippen molar-refractivity contribution in [1.82, 2.24) is 20.3 Å². The van der Waals surface area contributed by atoms with Gasteiger partial charge in [0.25, 0.3) is 0 Å². The number of fused-ring (bicyclic) bond motifs is 1. The minimum Gasteiger partial charge on any atom is -0.467 e. The van der Waals surface area contributed by atoms with Crippen LogP contribution in [0.5, 0.6) is 0 Å². The summed E-state index contributed by atoms with van der Waals surface area (Å²) in [5.74, 6) is 0.00365. The van der Waals surface area contributed by atoms with Crippen molar-refractivity contribution in [2.45, 2.75) is 26.1 Å². The number of anilines is 1. The van der Waals surface area contributed by atoms with Crippen LogP contribution in [0.1, 0.15) is 22.9 Å². The maximum absolute atomic E-state index is 13.9. The van der Waals surface area contributed by atoms with Gasteiger partial charge in [0.05, 0.1) is 18.3 Å². The molecule has 36 heavy (non-hydrogen) atoms. The van der Waals surface area contributed by atoms with E-state index in [1.54, 1.807) is 23.1 Å². The third kappa shape index (κ3) is 4.88. The highest BCUT2D eigenvalue weighted by Crippen LogP contribution is 2.29. The molecule has 8 heteroatoms. The normalized spacial score (nSPS) is 11.8. The number of furan rings is 1. The second-order valence-corrected chi connectivity index (χ2v) is 8.45. The predicted molar refractivity (Wildman–Crippen MR) is 136 cm³/mol. The molecule has 0 saturated carbocycles. The Kier molecular flexibility index (Phi) is 6.57. The van der Waals surface area contributed by atoms with Gasteiger partial charge in [0.1, 0.15) is 23.9 Å². The van der Waals surface area contributed by atoms with Crippen molar-refractivity contribution in [3.8, 4) is 0 Å². The van der Waals surface area contributed by atoms with Crippen LogP contribution in [-0.4, -0.2) is 26.8 Å². The molecule has 0 unspecified atom stereocenters. The number of hydrogen-bond donors (Lipinski definition) is 1. The first-order valence-electron chi connectivity index (χ1n) is 11.6. The highest BCUT2D eigenvalue weighted by atomic mass is 16.3. The summed E-state index contributed by atoms with van der Waals surface area (Å²) in [4.78, 5) is 29.1. The highest BCUT2D eigenvalue weighted by molar-refractivity contribution is 6.01. The molecule has 0 spiro atoms. The Bertz CT molecular complexity index is 1460. The molecule has 5 aromatic rings. The van der Waals surface area contributed by atoms with Gasteiger partial charge in [0.15, 0.2) is 0 Å². The van der Waals surface area contributed by atoms with E-state index < -0.39 is 6.04 Å². The van der Waals surface area contributed by atoms with Crippen LogP contribution in [0.3, 0.4) is 0 Å². The minimum atomic E-state index is -0.911. The van der Waals surface area contributed by atoms with Crippen molar-refractivity contribution in [3.63, 3.8) is 0 Å². The zero-order chi connectivity index (χ0) is 24.9. The van der Waals surface area contributed by atoms with Crippen LogP contribution in [0.2, 0.25) is 0 Å². The molecule has 2 amide bonds. The van der Waals surface area contributed by atoms with Gasteiger partial charge in [-0.1, -0.05) is 65.4 Å². The van der Waals surface area contributed by atoms with Gasteiger partial charge in [-0.2, -0.15) is 0 Å². The molecule has 0 aliphatic carbocycles. The number of nitrogens with zero attached hydrogens (tertiary/aromatic N) is 4. The Morgan fingerprint density at radius 3 is 2.44 bits per heavy atom. The van der Waals surface area contributed by atoms with Crippen LogP contribution < -0.4 is 10.2 Å². The smallest absolute Gasteiger partial charge is 0.249 e. The van der Waals surface area contributed by atoms with Gasteiger partial charge in [0, 0.05) is 5.69 Å². The van der Waals surface area contributed by atoms with Gasteiger partial charge in [-0.15, -0.1) is 5.10 Å². The standard InChI is InChI=1S/C28H25N5O3/c1-20-13-15-22(16-14-20)33(26(34)19-32-25-12-6-5-11-24(25)30-31-32)27(21-8-3-2-4-9-21)28(35)29-18-23-10-7-17-36-23/h2-17,27H,18-19H2,1H3,(H,29,35)/t27-/m1/s1. The monoisotopic (exact) mass is 479 g/mol. The zero-order valence-electron chi connectivity index (χ0n) is 19.7. The molecule has 0 radical (unpaired) electrons. The van der Waals surface area contributed by atoms with E-state index >= 15 is 0 Å². The maximum Gasteiger partial charge on any atom is 0.249 e. The molecule has 3 aromatic carbocycles. The van der Waals surface area contributed by atoms with Crippen molar-refractivity contribution >= 4 is 28.5 Å². The average molecular weight is 480 g/mol. The molecule has 0 saturated heterocycles. The van der Waals surface area contributed by atoms with Crippen LogP contribution in [0.25, 0.3) is 11.0 Å². The largest absolute Gasteiger partial charge is 0.467 e. The average Bonchev–Trinajstić information content (AvgIpc) is 3.57. The fourth-order valence-corrected chi connectivity index (χ4v) is 4.12. The molecule has 0 aliphatic heterocycles. The number of carbonyl (C=O) groups excluding carboxylic acids is 2. The number of aryl methyl sites for hydroxylation is 1. The Labute approximate surface area is 208 Å². The molecule has 5 rings (SSSR count). The SMILES string of the molecule is Cc1ccc(N(C(=O)Cn2nnc3ccccc32)[C@@H](C(=O)NCc2ccco2)c2ccccc2)cc1. The van der Waals surface area contributed by atoms with Gasteiger partial charge in [-0.05, 0) is 48.9 Å². The molecule has 0 bridgehead atoms. The van der Waals surface area contributed by atoms with E-state index in [2.05, 4.69) is 15.6 Å². The molecule has 0 aliphatic rings. The molecule has 2 heterocycles. The molecule has 1 N–H and O–H groups in total. The van der Waals surface area contributed by atoms with Crippen LogP contribution in [0, 0.1) is 6.92 Å². The lowest BCUT2D eigenvalue weighted by Gasteiger charge is -2.31. The lowest BCUT2D eigenvalue weighted by atomic mass is 10.0. The first-order valence-corrected chi connectivity index (χ1v) is 11.6. The van der Waals surface area contributed by atoms with E-state index in [4.69, 9.17) is 4.42 Å². The summed E-state index contributed by atoms with van der Waals surface area (Å²) >= 11 is 0. The third-order valence-corrected chi connectivity index (χ3v) is 5.92. The van der Waals surface area contributed by atoms with Crippen LogP contribution >= 0.6 is 0 Å². The minimum absolute atomic E-state index is 0.0802. The summed E-state index contributed by atoms with van der Waals surface area (Å²) in [7, 11) is 0. The molecular formula is C28H25N5O3. The quantitative estimate of drug-likeness (QED) is 0.356. The van der Waals surface area contributed by atoms with E-state index in [0.717, 1.165) is 11.1 Å². The number of benzene rings is 3. The van der Waals surface area contributed by atoms with Gasteiger partial charge in [-0.3, -0.25) is 14.5 Å². The number of amides is 2. The summed E-state index contributed by atoms with van der Waals surface area (Å²) in [6.45, 7) is 2.10. The van der Waals surface area contributed by atoms with Crippen LogP contribution in [-0.2, 0) is 22.7 Å². The molecule has 1 atom stereocenters. The molecular weight excluding hydrogens is 454 g/mol. The van der Waals surface area contributed by atoms with E-state index in [9.17, 15) is 9.59 Å². The molecule has 2 aromatic heterocycles. The summed E-state index contributed by atoms with van der Waals surface area (Å²) < 4.78 is 6.93. The first kappa shape index (κ1) is 23.0. The van der Waals surface area contributed by atoms with Crippen molar-refractivity contribution in [2.24, 2.45) is 0 Å². The van der Waals surface area contributed by atoms with Gasteiger partial charge in [-0.25, -0.2) is 4.68 Å². The van der Waals surface area contributed by atoms with Gasteiger partial charge >= 0.3 is 0 Å². The Balaban J connectivity index is 1.54. The Morgan fingerprint density at radius 2 is 1.69 bits per heavy atom.